The Morgan fingerprint density at radius 2 is 2.50 bits per heavy atom. The van der Waals surface area contributed by atoms with E-state index in [2.05, 4.69) is 17.5 Å². The third kappa shape index (κ3) is 1.44. The number of nitrogens with zero attached hydrogens (tertiary/aromatic N) is 1. The van der Waals surface area contributed by atoms with E-state index < -0.39 is 0 Å². The van der Waals surface area contributed by atoms with Gasteiger partial charge in [0.2, 0.25) is 0 Å². The molecule has 0 saturated carbocycles. The fourth-order valence-corrected chi connectivity index (χ4v) is 0.0323. The Kier molecular flexibility index (Phi) is 2.02. The van der Waals surface area contributed by atoms with Crippen molar-refractivity contribution in [1.82, 2.24) is 0 Å². The van der Waals surface area contributed by atoms with Crippen LogP contribution in [0, 0.1) is 4.91 Å². The average Bonchev–Trinajstić information content (AvgIpc) is 1.65. The third-order valence-electron chi connectivity index (χ3n) is 0.393. The SMILES string of the molecule is C=C=C(C)N=O. The molecule has 0 heterocycles. The molecule has 2 heteroatoms. The van der Waals surface area contributed by atoms with Crippen molar-refractivity contribution >= 4 is 0 Å². The zero-order valence-corrected chi connectivity index (χ0v) is 3.56. The summed E-state index contributed by atoms with van der Waals surface area (Å²) in [6.07, 6.45) is 0. The monoisotopic (exact) mass is 83.0 g/mol. The highest BCUT2D eigenvalue weighted by molar-refractivity contribution is 4.89. The molecular weight excluding hydrogens is 78.0 g/mol. The van der Waals surface area contributed by atoms with Gasteiger partial charge in [-0.3, -0.25) is 0 Å². The highest BCUT2D eigenvalue weighted by atomic mass is 16.3. The molecular formula is C4H5NO. The smallest absolute Gasteiger partial charge is 0.123 e. The Morgan fingerprint density at radius 3 is 2.50 bits per heavy atom. The molecule has 0 rings (SSSR count). The maximum absolute atomic E-state index is 9.35. The average molecular weight is 83.1 g/mol. The third-order valence-corrected chi connectivity index (χ3v) is 0.393. The van der Waals surface area contributed by atoms with Gasteiger partial charge in [-0.15, -0.1) is 10.6 Å². The van der Waals surface area contributed by atoms with Crippen molar-refractivity contribution < 1.29 is 0 Å². The highest BCUT2D eigenvalue weighted by Crippen LogP contribution is 1.84. The van der Waals surface area contributed by atoms with Gasteiger partial charge in [-0.1, -0.05) is 6.58 Å². The molecule has 0 N–H and O–H groups in total. The first kappa shape index (κ1) is 5.12. The second kappa shape index (κ2) is 2.36. The molecule has 0 unspecified atom stereocenters. The minimum Gasteiger partial charge on any atom is -0.144 e. The predicted octanol–water partition coefficient (Wildman–Crippen LogP) is 1.44. The highest BCUT2D eigenvalue weighted by Gasteiger charge is 1.71. The first-order chi connectivity index (χ1) is 2.81. The Hall–Kier alpha value is -0.880. The molecule has 0 aliphatic carbocycles. The van der Waals surface area contributed by atoms with Crippen LogP contribution in [0.2, 0.25) is 0 Å². The quantitative estimate of drug-likeness (QED) is 0.348. The second-order valence-corrected chi connectivity index (χ2v) is 0.853. The first-order valence-electron chi connectivity index (χ1n) is 1.51. The number of allylic oxidation sites excluding steroid dienone is 1. The van der Waals surface area contributed by atoms with Crippen LogP contribution in [-0.2, 0) is 0 Å². The molecule has 0 fully saturated rings. The fourth-order valence-electron chi connectivity index (χ4n) is 0.0323. The normalized spacial score (nSPS) is 6.17. The molecule has 2 nitrogen and oxygen atoms in total. The Bertz CT molecular complexity index is 100. The van der Waals surface area contributed by atoms with E-state index in [0.29, 0.717) is 5.70 Å². The van der Waals surface area contributed by atoms with Crippen molar-refractivity contribution in [3.05, 3.63) is 22.9 Å². The molecule has 0 aromatic heterocycles. The molecule has 0 atom stereocenters. The van der Waals surface area contributed by atoms with Crippen LogP contribution in [0.5, 0.6) is 0 Å². The van der Waals surface area contributed by atoms with E-state index in [0.717, 1.165) is 0 Å². The van der Waals surface area contributed by atoms with Crippen LogP contribution in [0.4, 0.5) is 0 Å². The summed E-state index contributed by atoms with van der Waals surface area (Å²) in [6.45, 7) is 4.72. The molecule has 0 aromatic rings. The minimum absolute atomic E-state index is 0.301. The maximum Gasteiger partial charge on any atom is 0.123 e. The lowest BCUT2D eigenvalue weighted by atomic mass is 10.6. The number of rotatable bonds is 1. The van der Waals surface area contributed by atoms with Gasteiger partial charge in [0.15, 0.2) is 0 Å². The minimum atomic E-state index is 0.301. The molecule has 0 spiro atoms. The van der Waals surface area contributed by atoms with Gasteiger partial charge in [-0.2, -0.15) is 0 Å². The predicted molar refractivity (Wildman–Crippen MR) is 24.1 cm³/mol. The molecule has 0 aliphatic rings. The molecule has 32 valence electrons. The van der Waals surface area contributed by atoms with Crippen molar-refractivity contribution in [1.29, 1.82) is 0 Å². The second-order valence-electron chi connectivity index (χ2n) is 0.853. The molecule has 6 heavy (non-hydrogen) atoms. The van der Waals surface area contributed by atoms with Crippen molar-refractivity contribution in [2.75, 3.05) is 0 Å². The Morgan fingerprint density at radius 1 is 2.00 bits per heavy atom. The number of nitroso groups, excluding NO2 is 1. The zero-order chi connectivity index (χ0) is 4.99. The van der Waals surface area contributed by atoms with E-state index in [1.165, 1.54) is 0 Å². The maximum atomic E-state index is 9.35. The van der Waals surface area contributed by atoms with Crippen LogP contribution in [0.3, 0.4) is 0 Å². The van der Waals surface area contributed by atoms with Crippen molar-refractivity contribution in [2.45, 2.75) is 6.92 Å². The van der Waals surface area contributed by atoms with Crippen molar-refractivity contribution in [2.24, 2.45) is 5.18 Å². The van der Waals surface area contributed by atoms with E-state index in [-0.39, 0.29) is 0 Å². The summed E-state index contributed by atoms with van der Waals surface area (Å²) in [7, 11) is 0. The van der Waals surface area contributed by atoms with Crippen LogP contribution in [0.1, 0.15) is 6.92 Å². The lowest BCUT2D eigenvalue weighted by Crippen LogP contribution is -1.52. The standard InChI is InChI=1S/C4H5NO/c1-3-4(2)5-6/h1H2,2H3. The summed E-state index contributed by atoms with van der Waals surface area (Å²) in [5, 5.41) is 2.50. The largest absolute Gasteiger partial charge is 0.144 e. The van der Waals surface area contributed by atoms with E-state index in [4.69, 9.17) is 0 Å². The van der Waals surface area contributed by atoms with Crippen molar-refractivity contribution in [3.63, 3.8) is 0 Å². The summed E-state index contributed by atoms with van der Waals surface area (Å²) in [6, 6.07) is 0. The van der Waals surface area contributed by atoms with Crippen LogP contribution in [0.25, 0.3) is 0 Å². The molecule has 0 saturated heterocycles. The van der Waals surface area contributed by atoms with Gasteiger partial charge in [0.05, 0.1) is 0 Å². The van der Waals surface area contributed by atoms with E-state index in [1.807, 2.05) is 0 Å². The lowest BCUT2D eigenvalue weighted by Gasteiger charge is -1.66. The van der Waals surface area contributed by atoms with Gasteiger partial charge >= 0.3 is 0 Å². The van der Waals surface area contributed by atoms with Crippen molar-refractivity contribution in [3.8, 4) is 0 Å². The van der Waals surface area contributed by atoms with E-state index in [1.54, 1.807) is 6.92 Å². The van der Waals surface area contributed by atoms with E-state index >= 15 is 0 Å². The number of hydrogen-bond acceptors (Lipinski definition) is 2. The molecule has 0 aliphatic heterocycles. The van der Waals surface area contributed by atoms with E-state index in [9.17, 15) is 4.91 Å². The Balaban J connectivity index is 3.86. The van der Waals surface area contributed by atoms with Gasteiger partial charge in [0, 0.05) is 0 Å². The zero-order valence-electron chi connectivity index (χ0n) is 3.56. The van der Waals surface area contributed by atoms with Crippen LogP contribution in [0.15, 0.2) is 23.2 Å². The fraction of sp³-hybridized carbons (Fsp3) is 0.250. The van der Waals surface area contributed by atoms with Gasteiger partial charge in [0.1, 0.15) is 5.70 Å². The van der Waals surface area contributed by atoms with Crippen LogP contribution in [-0.4, -0.2) is 0 Å². The molecule has 0 radical (unpaired) electrons. The topological polar surface area (TPSA) is 29.4 Å². The molecule has 0 aromatic carbocycles. The van der Waals surface area contributed by atoms with Gasteiger partial charge in [0.25, 0.3) is 0 Å². The summed E-state index contributed by atoms with van der Waals surface area (Å²) < 4.78 is 0. The first-order valence-corrected chi connectivity index (χ1v) is 1.51. The molecule has 0 amide bonds. The summed E-state index contributed by atoms with van der Waals surface area (Å²) >= 11 is 0. The molecule has 0 bridgehead atoms. The van der Waals surface area contributed by atoms with Gasteiger partial charge in [-0.25, -0.2) is 0 Å². The summed E-state index contributed by atoms with van der Waals surface area (Å²) in [4.78, 5) is 9.35. The van der Waals surface area contributed by atoms with Gasteiger partial charge in [-0.05, 0) is 12.1 Å². The lowest BCUT2D eigenvalue weighted by molar-refractivity contribution is 1.30. The Labute approximate surface area is 36.1 Å². The van der Waals surface area contributed by atoms with Gasteiger partial charge < -0.3 is 0 Å². The van der Waals surface area contributed by atoms with Crippen LogP contribution < -0.4 is 0 Å². The van der Waals surface area contributed by atoms with Crippen LogP contribution >= 0.6 is 0 Å². The number of hydrogen-bond donors (Lipinski definition) is 0. The summed E-state index contributed by atoms with van der Waals surface area (Å²) in [5.74, 6) is 0. The summed E-state index contributed by atoms with van der Waals surface area (Å²) in [5.41, 5.74) is 2.60.